The maximum absolute atomic E-state index is 12.3. The summed E-state index contributed by atoms with van der Waals surface area (Å²) in [5, 5.41) is 10.7. The Morgan fingerprint density at radius 2 is 1.90 bits per heavy atom. The predicted octanol–water partition coefficient (Wildman–Crippen LogP) is 3.97. The van der Waals surface area contributed by atoms with Crippen molar-refractivity contribution in [3.8, 4) is 5.75 Å². The van der Waals surface area contributed by atoms with Crippen molar-refractivity contribution < 1.29 is 9.90 Å². The van der Waals surface area contributed by atoms with Crippen LogP contribution >= 0.6 is 23.2 Å². The SMILES string of the molecule is CN(Cc1ccccc1Cl)C(=O)c1cc(Cl)ccc1O. The van der Waals surface area contributed by atoms with Crippen molar-refractivity contribution in [3.05, 3.63) is 63.6 Å². The van der Waals surface area contributed by atoms with Gasteiger partial charge in [0.05, 0.1) is 5.56 Å². The van der Waals surface area contributed by atoms with Crippen molar-refractivity contribution in [2.45, 2.75) is 6.54 Å². The average molecular weight is 310 g/mol. The van der Waals surface area contributed by atoms with E-state index in [0.29, 0.717) is 16.6 Å². The molecule has 0 aromatic heterocycles. The van der Waals surface area contributed by atoms with Crippen LogP contribution in [0, 0.1) is 0 Å². The largest absolute Gasteiger partial charge is 0.507 e. The molecule has 1 N–H and O–H groups in total. The third-order valence-corrected chi connectivity index (χ3v) is 3.50. The molecule has 0 bridgehead atoms. The summed E-state index contributed by atoms with van der Waals surface area (Å²) >= 11 is 11.9. The monoisotopic (exact) mass is 309 g/mol. The number of aromatic hydroxyl groups is 1. The number of carbonyl (C=O) groups excluding carboxylic acids is 1. The number of carbonyl (C=O) groups is 1. The van der Waals surface area contributed by atoms with Crippen LogP contribution < -0.4 is 0 Å². The quantitative estimate of drug-likeness (QED) is 0.932. The van der Waals surface area contributed by atoms with Crippen LogP contribution in [-0.2, 0) is 6.54 Å². The first-order valence-electron chi connectivity index (χ1n) is 5.96. The van der Waals surface area contributed by atoms with Gasteiger partial charge in [0, 0.05) is 23.6 Å². The van der Waals surface area contributed by atoms with Crippen molar-refractivity contribution in [1.82, 2.24) is 4.90 Å². The van der Waals surface area contributed by atoms with Crippen LogP contribution in [0.25, 0.3) is 0 Å². The number of phenols is 1. The Balaban J connectivity index is 2.21. The molecule has 3 nitrogen and oxygen atoms in total. The molecule has 0 saturated heterocycles. The lowest BCUT2D eigenvalue weighted by atomic mass is 10.1. The first kappa shape index (κ1) is 14.7. The smallest absolute Gasteiger partial charge is 0.257 e. The summed E-state index contributed by atoms with van der Waals surface area (Å²) in [7, 11) is 1.64. The molecule has 0 spiro atoms. The van der Waals surface area contributed by atoms with Crippen molar-refractivity contribution in [2.75, 3.05) is 7.05 Å². The van der Waals surface area contributed by atoms with Crippen molar-refractivity contribution in [3.63, 3.8) is 0 Å². The van der Waals surface area contributed by atoms with E-state index in [1.165, 1.54) is 23.1 Å². The van der Waals surface area contributed by atoms with E-state index >= 15 is 0 Å². The van der Waals surface area contributed by atoms with E-state index < -0.39 is 0 Å². The number of nitrogens with zero attached hydrogens (tertiary/aromatic N) is 1. The number of amides is 1. The van der Waals surface area contributed by atoms with Gasteiger partial charge in [-0.2, -0.15) is 0 Å². The Kier molecular flexibility index (Phi) is 4.53. The normalized spacial score (nSPS) is 10.3. The molecule has 2 rings (SSSR count). The fraction of sp³-hybridized carbons (Fsp3) is 0.133. The molecule has 0 aliphatic heterocycles. The van der Waals surface area contributed by atoms with E-state index in [4.69, 9.17) is 23.2 Å². The van der Waals surface area contributed by atoms with Crippen molar-refractivity contribution in [2.24, 2.45) is 0 Å². The zero-order valence-corrected chi connectivity index (χ0v) is 12.3. The van der Waals surface area contributed by atoms with E-state index in [2.05, 4.69) is 0 Å². The van der Waals surface area contributed by atoms with Gasteiger partial charge in [-0.1, -0.05) is 41.4 Å². The lowest BCUT2D eigenvalue weighted by Gasteiger charge is -2.18. The summed E-state index contributed by atoms with van der Waals surface area (Å²) in [6, 6.07) is 11.7. The second kappa shape index (κ2) is 6.16. The van der Waals surface area contributed by atoms with E-state index in [1.807, 2.05) is 18.2 Å². The molecule has 2 aromatic carbocycles. The number of rotatable bonds is 3. The minimum atomic E-state index is -0.315. The molecule has 0 atom stereocenters. The zero-order valence-electron chi connectivity index (χ0n) is 10.8. The number of hydrogen-bond acceptors (Lipinski definition) is 2. The third-order valence-electron chi connectivity index (χ3n) is 2.90. The topological polar surface area (TPSA) is 40.5 Å². The van der Waals surface area contributed by atoms with E-state index in [1.54, 1.807) is 13.1 Å². The predicted molar refractivity (Wildman–Crippen MR) is 80.4 cm³/mol. The molecule has 20 heavy (non-hydrogen) atoms. The van der Waals surface area contributed by atoms with Gasteiger partial charge in [-0.25, -0.2) is 0 Å². The molecule has 5 heteroatoms. The fourth-order valence-corrected chi connectivity index (χ4v) is 2.21. The molecule has 0 fully saturated rings. The van der Waals surface area contributed by atoms with Crippen LogP contribution in [0.5, 0.6) is 5.75 Å². The van der Waals surface area contributed by atoms with E-state index in [9.17, 15) is 9.90 Å². The highest BCUT2D eigenvalue weighted by Crippen LogP contribution is 2.24. The van der Waals surface area contributed by atoms with Gasteiger partial charge < -0.3 is 10.0 Å². The first-order chi connectivity index (χ1) is 9.49. The van der Waals surface area contributed by atoms with Crippen LogP contribution in [0.2, 0.25) is 10.0 Å². The van der Waals surface area contributed by atoms with Gasteiger partial charge in [-0.15, -0.1) is 0 Å². The van der Waals surface area contributed by atoms with Gasteiger partial charge in [-0.3, -0.25) is 4.79 Å². The standard InChI is InChI=1S/C15H13Cl2NO2/c1-18(9-10-4-2-3-5-13(10)17)15(20)12-8-11(16)6-7-14(12)19/h2-8,19H,9H2,1H3. The molecule has 0 radical (unpaired) electrons. The second-order valence-corrected chi connectivity index (χ2v) is 5.26. The molecule has 2 aromatic rings. The van der Waals surface area contributed by atoms with E-state index in [0.717, 1.165) is 5.56 Å². The highest BCUT2D eigenvalue weighted by atomic mass is 35.5. The zero-order chi connectivity index (χ0) is 14.7. The Labute approximate surface area is 127 Å². The third kappa shape index (κ3) is 3.24. The summed E-state index contributed by atoms with van der Waals surface area (Å²) in [6.45, 7) is 0.352. The van der Waals surface area contributed by atoms with Gasteiger partial charge in [0.1, 0.15) is 5.75 Å². The Bertz CT molecular complexity index is 644. The number of hydrogen-bond donors (Lipinski definition) is 1. The van der Waals surface area contributed by atoms with Crippen molar-refractivity contribution >= 4 is 29.1 Å². The Morgan fingerprint density at radius 1 is 1.20 bits per heavy atom. The Morgan fingerprint density at radius 3 is 2.60 bits per heavy atom. The first-order valence-corrected chi connectivity index (χ1v) is 6.72. The van der Waals surface area contributed by atoms with Gasteiger partial charge in [0.2, 0.25) is 0 Å². The minimum absolute atomic E-state index is 0.0922. The van der Waals surface area contributed by atoms with Crippen LogP contribution in [0.3, 0.4) is 0 Å². The number of benzene rings is 2. The molecule has 1 amide bonds. The molecular formula is C15H13Cl2NO2. The second-order valence-electron chi connectivity index (χ2n) is 4.41. The van der Waals surface area contributed by atoms with Gasteiger partial charge in [0.15, 0.2) is 0 Å². The minimum Gasteiger partial charge on any atom is -0.507 e. The van der Waals surface area contributed by atoms with Crippen molar-refractivity contribution in [1.29, 1.82) is 0 Å². The van der Waals surface area contributed by atoms with Gasteiger partial charge in [-0.05, 0) is 29.8 Å². The fourth-order valence-electron chi connectivity index (χ4n) is 1.84. The highest BCUT2D eigenvalue weighted by Gasteiger charge is 2.17. The summed E-state index contributed by atoms with van der Waals surface area (Å²) in [5.41, 5.74) is 1.01. The molecule has 0 unspecified atom stereocenters. The van der Waals surface area contributed by atoms with Crippen LogP contribution in [0.4, 0.5) is 0 Å². The van der Waals surface area contributed by atoms with Crippen LogP contribution in [0.15, 0.2) is 42.5 Å². The number of phenolic OH excluding ortho intramolecular Hbond substituents is 1. The summed E-state index contributed by atoms with van der Waals surface area (Å²) < 4.78 is 0. The lowest BCUT2D eigenvalue weighted by Crippen LogP contribution is -2.26. The molecule has 0 saturated carbocycles. The van der Waals surface area contributed by atoms with Gasteiger partial charge >= 0.3 is 0 Å². The summed E-state index contributed by atoms with van der Waals surface area (Å²) in [5.74, 6) is -0.407. The molecule has 0 aliphatic rings. The number of halogens is 2. The molecule has 0 aliphatic carbocycles. The molecule has 0 heterocycles. The van der Waals surface area contributed by atoms with Crippen LogP contribution in [-0.4, -0.2) is 23.0 Å². The van der Waals surface area contributed by atoms with E-state index in [-0.39, 0.29) is 17.2 Å². The average Bonchev–Trinajstić information content (AvgIpc) is 2.43. The summed E-state index contributed by atoms with van der Waals surface area (Å²) in [6.07, 6.45) is 0. The summed E-state index contributed by atoms with van der Waals surface area (Å²) in [4.78, 5) is 13.8. The Hall–Kier alpha value is -1.71. The lowest BCUT2D eigenvalue weighted by molar-refractivity contribution is 0.0782. The maximum Gasteiger partial charge on any atom is 0.257 e. The van der Waals surface area contributed by atoms with Crippen LogP contribution in [0.1, 0.15) is 15.9 Å². The highest BCUT2D eigenvalue weighted by molar-refractivity contribution is 6.31. The van der Waals surface area contributed by atoms with Gasteiger partial charge in [0.25, 0.3) is 5.91 Å². The maximum atomic E-state index is 12.3. The molecular weight excluding hydrogens is 297 g/mol. The molecule has 104 valence electrons.